The Morgan fingerprint density at radius 1 is 1.29 bits per heavy atom. The predicted molar refractivity (Wildman–Crippen MR) is 93.9 cm³/mol. The van der Waals surface area contributed by atoms with E-state index in [2.05, 4.69) is 9.97 Å². The monoisotopic (exact) mass is 341 g/mol. The Hall–Kier alpha value is -2.99. The highest BCUT2D eigenvalue weighted by Crippen LogP contribution is 2.22. The number of aryl methyl sites for hydroxylation is 1. The lowest BCUT2D eigenvalue weighted by molar-refractivity contribution is -0.384. The Morgan fingerprint density at radius 2 is 2.04 bits per heavy atom. The van der Waals surface area contributed by atoms with Crippen LogP contribution in [0.4, 0.5) is 5.69 Å². The smallest absolute Gasteiger partial charge is 0.270 e. The van der Waals surface area contributed by atoms with E-state index in [0.29, 0.717) is 16.5 Å². The van der Waals surface area contributed by atoms with E-state index in [4.69, 9.17) is 11.6 Å². The van der Waals surface area contributed by atoms with Crippen LogP contribution >= 0.6 is 11.6 Å². The van der Waals surface area contributed by atoms with Crippen molar-refractivity contribution in [1.82, 2.24) is 9.97 Å². The Morgan fingerprint density at radius 3 is 2.79 bits per heavy atom. The molecule has 0 saturated heterocycles. The highest BCUT2D eigenvalue weighted by molar-refractivity contribution is 6.50. The highest BCUT2D eigenvalue weighted by atomic mass is 35.5. The molecule has 0 radical (unpaired) electrons. The highest BCUT2D eigenvalue weighted by Gasteiger charge is 2.10. The number of halogens is 1. The van der Waals surface area contributed by atoms with Crippen molar-refractivity contribution < 1.29 is 4.92 Å². The lowest BCUT2D eigenvalue weighted by atomic mass is 10.1. The van der Waals surface area contributed by atoms with Crippen LogP contribution in [0, 0.1) is 17.0 Å². The molecular weight excluding hydrogens is 330 g/mol. The van der Waals surface area contributed by atoms with E-state index in [1.807, 2.05) is 13.0 Å². The Balaban J connectivity index is 2.10. The average molecular weight is 342 g/mol. The third kappa shape index (κ3) is 3.04. The molecule has 0 aliphatic carbocycles. The predicted octanol–water partition coefficient (Wildman–Crippen LogP) is 3.88. The zero-order valence-electron chi connectivity index (χ0n) is 12.6. The summed E-state index contributed by atoms with van der Waals surface area (Å²) in [6, 6.07) is 11.4. The van der Waals surface area contributed by atoms with Gasteiger partial charge in [-0.15, -0.1) is 0 Å². The fourth-order valence-corrected chi connectivity index (χ4v) is 2.58. The first-order valence-corrected chi connectivity index (χ1v) is 7.45. The number of nitrogens with zero attached hydrogens (tertiary/aromatic N) is 2. The summed E-state index contributed by atoms with van der Waals surface area (Å²) in [4.78, 5) is 29.6. The maximum atomic E-state index is 12.2. The summed E-state index contributed by atoms with van der Waals surface area (Å²) >= 11 is 6.26. The van der Waals surface area contributed by atoms with Crippen molar-refractivity contribution in [3.8, 4) is 0 Å². The molecule has 0 fully saturated rings. The summed E-state index contributed by atoms with van der Waals surface area (Å²) in [7, 11) is 0. The molecule has 0 atom stereocenters. The lowest BCUT2D eigenvalue weighted by Crippen LogP contribution is -2.11. The van der Waals surface area contributed by atoms with Crippen LogP contribution in [0.2, 0.25) is 0 Å². The molecule has 0 bridgehead atoms. The SMILES string of the molecule is Cc1cccc2c(=O)[nH]c(/C(Cl)=C/c3cccc([N+](=O)[O-])c3)nc12. The number of fused-ring (bicyclic) bond motifs is 1. The maximum absolute atomic E-state index is 12.2. The van der Waals surface area contributed by atoms with Crippen LogP contribution in [0.3, 0.4) is 0 Å². The molecule has 6 nitrogen and oxygen atoms in total. The van der Waals surface area contributed by atoms with E-state index >= 15 is 0 Å². The minimum Gasteiger partial charge on any atom is -0.305 e. The molecule has 0 unspecified atom stereocenters. The van der Waals surface area contributed by atoms with Gasteiger partial charge < -0.3 is 4.98 Å². The zero-order chi connectivity index (χ0) is 17.3. The molecule has 0 spiro atoms. The normalized spacial score (nSPS) is 11.7. The molecule has 1 aromatic heterocycles. The molecular formula is C17H12ClN3O3. The largest absolute Gasteiger partial charge is 0.305 e. The van der Waals surface area contributed by atoms with Gasteiger partial charge in [0, 0.05) is 12.1 Å². The van der Waals surface area contributed by atoms with Crippen LogP contribution in [0.25, 0.3) is 22.0 Å². The van der Waals surface area contributed by atoms with Gasteiger partial charge in [-0.3, -0.25) is 14.9 Å². The average Bonchev–Trinajstić information content (AvgIpc) is 2.56. The number of rotatable bonds is 3. The molecule has 2 aromatic carbocycles. The molecule has 0 aliphatic heterocycles. The van der Waals surface area contributed by atoms with Crippen molar-refractivity contribution in [1.29, 1.82) is 0 Å². The van der Waals surface area contributed by atoms with Crippen LogP contribution in [-0.4, -0.2) is 14.9 Å². The van der Waals surface area contributed by atoms with E-state index in [0.717, 1.165) is 5.56 Å². The van der Waals surface area contributed by atoms with Crippen molar-refractivity contribution in [2.24, 2.45) is 0 Å². The number of benzene rings is 2. The van der Waals surface area contributed by atoms with Crippen molar-refractivity contribution >= 4 is 39.3 Å². The van der Waals surface area contributed by atoms with Crippen molar-refractivity contribution in [2.45, 2.75) is 6.92 Å². The van der Waals surface area contributed by atoms with E-state index in [1.165, 1.54) is 18.2 Å². The molecule has 0 amide bonds. The molecule has 24 heavy (non-hydrogen) atoms. The summed E-state index contributed by atoms with van der Waals surface area (Å²) in [6.07, 6.45) is 1.52. The van der Waals surface area contributed by atoms with Crippen LogP contribution in [-0.2, 0) is 0 Å². The first kappa shape index (κ1) is 15.9. The molecule has 0 saturated carbocycles. The van der Waals surface area contributed by atoms with Gasteiger partial charge in [0.15, 0.2) is 5.82 Å². The number of H-pyrrole nitrogens is 1. The molecule has 3 rings (SSSR count). The zero-order valence-corrected chi connectivity index (χ0v) is 13.4. The summed E-state index contributed by atoms with van der Waals surface area (Å²) in [5.41, 5.74) is 1.65. The number of nitro benzene ring substituents is 1. The number of aromatic nitrogens is 2. The number of nitro groups is 1. The summed E-state index contributed by atoms with van der Waals surface area (Å²) in [5, 5.41) is 11.5. The second-order valence-electron chi connectivity index (χ2n) is 5.23. The van der Waals surface area contributed by atoms with Gasteiger partial charge in [-0.2, -0.15) is 0 Å². The second-order valence-corrected chi connectivity index (χ2v) is 5.64. The van der Waals surface area contributed by atoms with Gasteiger partial charge in [-0.1, -0.05) is 35.9 Å². The van der Waals surface area contributed by atoms with Crippen LogP contribution in [0.5, 0.6) is 0 Å². The topological polar surface area (TPSA) is 88.9 Å². The van der Waals surface area contributed by atoms with Crippen LogP contribution in [0.1, 0.15) is 17.0 Å². The summed E-state index contributed by atoms with van der Waals surface area (Å²) in [6.45, 7) is 1.86. The fourth-order valence-electron chi connectivity index (χ4n) is 2.36. The number of nitrogens with one attached hydrogen (secondary N) is 1. The van der Waals surface area contributed by atoms with Gasteiger partial charge in [0.2, 0.25) is 0 Å². The van der Waals surface area contributed by atoms with Gasteiger partial charge in [-0.05, 0) is 30.2 Å². The number of hydrogen-bond donors (Lipinski definition) is 1. The fraction of sp³-hybridized carbons (Fsp3) is 0.0588. The lowest BCUT2D eigenvalue weighted by Gasteiger charge is -2.04. The number of para-hydroxylation sites is 1. The van der Waals surface area contributed by atoms with E-state index < -0.39 is 4.92 Å². The molecule has 7 heteroatoms. The van der Waals surface area contributed by atoms with Gasteiger partial charge in [-0.25, -0.2) is 4.98 Å². The summed E-state index contributed by atoms with van der Waals surface area (Å²) < 4.78 is 0. The summed E-state index contributed by atoms with van der Waals surface area (Å²) in [5.74, 6) is 0.218. The quantitative estimate of drug-likeness (QED) is 0.578. The van der Waals surface area contributed by atoms with Gasteiger partial charge in [0.1, 0.15) is 0 Å². The van der Waals surface area contributed by atoms with Crippen molar-refractivity contribution in [3.05, 3.63) is 79.9 Å². The van der Waals surface area contributed by atoms with E-state index in [-0.39, 0.29) is 22.1 Å². The third-order valence-corrected chi connectivity index (χ3v) is 3.83. The minimum absolute atomic E-state index is 0.0379. The van der Waals surface area contributed by atoms with Crippen molar-refractivity contribution in [2.75, 3.05) is 0 Å². The number of hydrogen-bond acceptors (Lipinski definition) is 4. The van der Waals surface area contributed by atoms with Gasteiger partial charge >= 0.3 is 0 Å². The van der Waals surface area contributed by atoms with Gasteiger partial charge in [0.25, 0.3) is 11.2 Å². The Kier molecular flexibility index (Phi) is 4.14. The third-order valence-electron chi connectivity index (χ3n) is 3.54. The number of aromatic amines is 1. The molecule has 120 valence electrons. The maximum Gasteiger partial charge on any atom is 0.270 e. The minimum atomic E-state index is -0.481. The standard InChI is InChI=1S/C17H12ClN3O3/c1-10-4-2-7-13-15(10)19-16(20-17(13)22)14(18)9-11-5-3-6-12(8-11)21(23)24/h2-9H,1H3,(H,19,20,22)/b14-9-. The molecule has 1 heterocycles. The van der Waals surface area contributed by atoms with Crippen molar-refractivity contribution in [3.63, 3.8) is 0 Å². The Labute approximate surface area is 141 Å². The molecule has 0 aliphatic rings. The second kappa shape index (κ2) is 6.25. The number of non-ortho nitro benzene ring substituents is 1. The van der Waals surface area contributed by atoms with E-state index in [9.17, 15) is 14.9 Å². The molecule has 3 aromatic rings. The Bertz CT molecular complexity index is 1040. The van der Waals surface area contributed by atoms with Gasteiger partial charge in [0.05, 0.1) is 20.9 Å². The van der Waals surface area contributed by atoms with E-state index in [1.54, 1.807) is 24.3 Å². The first-order valence-electron chi connectivity index (χ1n) is 7.07. The molecule has 1 N–H and O–H groups in total. The van der Waals surface area contributed by atoms with Crippen LogP contribution in [0.15, 0.2) is 47.3 Å². The first-order chi connectivity index (χ1) is 11.5. The van der Waals surface area contributed by atoms with Crippen LogP contribution < -0.4 is 5.56 Å².